The van der Waals surface area contributed by atoms with E-state index in [0.29, 0.717) is 23.8 Å². The third-order valence-corrected chi connectivity index (χ3v) is 3.38. The normalized spacial score (nSPS) is 12.4. The van der Waals surface area contributed by atoms with E-state index >= 15 is 0 Å². The van der Waals surface area contributed by atoms with E-state index in [0.717, 1.165) is 13.1 Å². The van der Waals surface area contributed by atoms with Gasteiger partial charge in [0.15, 0.2) is 11.5 Å². The smallest absolute Gasteiger partial charge is 0.387 e. The molecule has 5 nitrogen and oxygen atoms in total. The number of alkyl halides is 2. The first kappa shape index (κ1) is 17.2. The van der Waals surface area contributed by atoms with Crippen molar-refractivity contribution < 1.29 is 18.3 Å². The van der Waals surface area contributed by atoms with Gasteiger partial charge in [-0.15, -0.1) is 0 Å². The third kappa shape index (κ3) is 5.21. The van der Waals surface area contributed by atoms with Gasteiger partial charge in [-0.2, -0.15) is 8.78 Å². The van der Waals surface area contributed by atoms with Crippen LogP contribution in [0.3, 0.4) is 0 Å². The maximum Gasteiger partial charge on any atom is 0.387 e. The van der Waals surface area contributed by atoms with Crippen LogP contribution in [-0.2, 0) is 13.1 Å². The summed E-state index contributed by atoms with van der Waals surface area (Å²) in [5.74, 6) is 0.755. The molecule has 0 radical (unpaired) electrons. The number of ether oxygens (including phenoxy) is 2. The molecule has 0 amide bonds. The van der Waals surface area contributed by atoms with Crippen LogP contribution < -0.4 is 14.8 Å². The second-order valence-corrected chi connectivity index (χ2v) is 5.32. The Bertz CT molecular complexity index is 591. The van der Waals surface area contributed by atoms with Crippen molar-refractivity contribution in [1.29, 1.82) is 0 Å². The zero-order valence-corrected chi connectivity index (χ0v) is 13.2. The number of nitrogens with zero attached hydrogens (tertiary/aromatic N) is 2. The Hall–Kier alpha value is -2.15. The van der Waals surface area contributed by atoms with Crippen LogP contribution in [0.15, 0.2) is 36.9 Å². The van der Waals surface area contributed by atoms with Gasteiger partial charge in [0.05, 0.1) is 13.4 Å². The highest BCUT2D eigenvalue weighted by molar-refractivity contribution is 5.46. The van der Waals surface area contributed by atoms with Gasteiger partial charge < -0.3 is 19.4 Å². The number of para-hydroxylation sites is 1. The van der Waals surface area contributed by atoms with Crippen LogP contribution in [0.25, 0.3) is 0 Å². The van der Waals surface area contributed by atoms with Crippen LogP contribution in [0, 0.1) is 5.92 Å². The Labute approximate surface area is 134 Å². The standard InChI is InChI=1S/C16H21F2N3O2/c1-12(10-21-7-6-19-11-21)8-20-9-13-4-3-5-14(22-2)15(13)23-16(17)18/h3-7,11-12,16,20H,8-10H2,1-2H3. The maximum absolute atomic E-state index is 12.6. The lowest BCUT2D eigenvalue weighted by molar-refractivity contribution is -0.0518. The van der Waals surface area contributed by atoms with Crippen LogP contribution in [-0.4, -0.2) is 29.8 Å². The number of halogens is 2. The van der Waals surface area contributed by atoms with Gasteiger partial charge >= 0.3 is 6.61 Å². The zero-order chi connectivity index (χ0) is 16.7. The molecule has 0 aliphatic heterocycles. The van der Waals surface area contributed by atoms with Crippen molar-refractivity contribution in [1.82, 2.24) is 14.9 Å². The van der Waals surface area contributed by atoms with E-state index in [-0.39, 0.29) is 5.75 Å². The minimum atomic E-state index is -2.88. The van der Waals surface area contributed by atoms with Crippen molar-refractivity contribution in [3.63, 3.8) is 0 Å². The number of rotatable bonds is 9. The fourth-order valence-electron chi connectivity index (χ4n) is 2.36. The fraction of sp³-hybridized carbons (Fsp3) is 0.438. The van der Waals surface area contributed by atoms with Crippen LogP contribution in [0.2, 0.25) is 0 Å². The van der Waals surface area contributed by atoms with Gasteiger partial charge in [0.2, 0.25) is 0 Å². The Balaban J connectivity index is 1.91. The first-order valence-electron chi connectivity index (χ1n) is 7.37. The predicted octanol–water partition coefficient (Wildman–Crippen LogP) is 2.92. The van der Waals surface area contributed by atoms with E-state index in [2.05, 4.69) is 22.0 Å². The van der Waals surface area contributed by atoms with E-state index in [1.54, 1.807) is 30.7 Å². The summed E-state index contributed by atoms with van der Waals surface area (Å²) in [6.07, 6.45) is 5.42. The van der Waals surface area contributed by atoms with Gasteiger partial charge in [-0.3, -0.25) is 0 Å². The van der Waals surface area contributed by atoms with E-state index in [9.17, 15) is 8.78 Å². The Morgan fingerprint density at radius 1 is 1.35 bits per heavy atom. The van der Waals surface area contributed by atoms with Crippen LogP contribution in [0.4, 0.5) is 8.78 Å². The number of benzene rings is 1. The van der Waals surface area contributed by atoms with Crippen molar-refractivity contribution in [2.24, 2.45) is 5.92 Å². The summed E-state index contributed by atoms with van der Waals surface area (Å²) in [7, 11) is 1.43. The number of aromatic nitrogens is 2. The second kappa shape index (κ2) is 8.47. The van der Waals surface area contributed by atoms with Crippen molar-refractivity contribution >= 4 is 0 Å². The molecule has 23 heavy (non-hydrogen) atoms. The summed E-state index contributed by atoms with van der Waals surface area (Å²) in [5, 5.41) is 3.26. The molecular weight excluding hydrogens is 304 g/mol. The average molecular weight is 325 g/mol. The first-order chi connectivity index (χ1) is 11.1. The maximum atomic E-state index is 12.6. The molecule has 0 aliphatic rings. The highest BCUT2D eigenvalue weighted by Gasteiger charge is 2.15. The molecule has 2 rings (SSSR count). The summed E-state index contributed by atoms with van der Waals surface area (Å²) in [5.41, 5.74) is 0.638. The molecule has 0 spiro atoms. The molecule has 0 bridgehead atoms. The molecule has 1 unspecified atom stereocenters. The minimum Gasteiger partial charge on any atom is -0.493 e. The number of nitrogens with one attached hydrogen (secondary N) is 1. The number of hydrogen-bond donors (Lipinski definition) is 1. The Morgan fingerprint density at radius 3 is 2.83 bits per heavy atom. The van der Waals surface area contributed by atoms with E-state index in [1.807, 2.05) is 10.8 Å². The summed E-state index contributed by atoms with van der Waals surface area (Å²) in [6.45, 7) is 1.22. The van der Waals surface area contributed by atoms with Gasteiger partial charge in [-0.05, 0) is 18.5 Å². The van der Waals surface area contributed by atoms with Gasteiger partial charge in [-0.1, -0.05) is 19.1 Å². The first-order valence-corrected chi connectivity index (χ1v) is 7.37. The lowest BCUT2D eigenvalue weighted by atomic mass is 10.1. The molecule has 1 aromatic carbocycles. The number of imidazole rings is 1. The molecule has 126 valence electrons. The average Bonchev–Trinajstić information content (AvgIpc) is 3.01. The van der Waals surface area contributed by atoms with Crippen LogP contribution in [0.5, 0.6) is 11.5 Å². The number of methoxy groups -OCH3 is 1. The SMILES string of the molecule is COc1cccc(CNCC(C)Cn2ccnc2)c1OC(F)F. The molecule has 2 aromatic rings. The highest BCUT2D eigenvalue weighted by Crippen LogP contribution is 2.32. The molecule has 1 aromatic heterocycles. The van der Waals surface area contributed by atoms with E-state index in [1.165, 1.54) is 7.11 Å². The summed E-state index contributed by atoms with van der Waals surface area (Å²) in [6, 6.07) is 5.10. The van der Waals surface area contributed by atoms with E-state index < -0.39 is 6.61 Å². The van der Waals surface area contributed by atoms with Gasteiger partial charge in [0.25, 0.3) is 0 Å². The van der Waals surface area contributed by atoms with Crippen molar-refractivity contribution in [2.75, 3.05) is 13.7 Å². The largest absolute Gasteiger partial charge is 0.493 e. The molecule has 0 saturated heterocycles. The molecule has 1 heterocycles. The molecule has 1 N–H and O–H groups in total. The monoisotopic (exact) mass is 325 g/mol. The van der Waals surface area contributed by atoms with Gasteiger partial charge in [0, 0.05) is 31.0 Å². The predicted molar refractivity (Wildman–Crippen MR) is 82.7 cm³/mol. The van der Waals surface area contributed by atoms with Crippen molar-refractivity contribution in [3.8, 4) is 11.5 Å². The topological polar surface area (TPSA) is 48.3 Å². The molecule has 0 saturated carbocycles. The molecule has 0 aliphatic carbocycles. The summed E-state index contributed by atoms with van der Waals surface area (Å²) >= 11 is 0. The highest BCUT2D eigenvalue weighted by atomic mass is 19.3. The van der Waals surface area contributed by atoms with E-state index in [4.69, 9.17) is 4.74 Å². The lowest BCUT2D eigenvalue weighted by Crippen LogP contribution is -2.24. The Morgan fingerprint density at radius 2 is 2.17 bits per heavy atom. The molecule has 0 fully saturated rings. The minimum absolute atomic E-state index is 0.0831. The molecular formula is C16H21F2N3O2. The lowest BCUT2D eigenvalue weighted by Gasteiger charge is -2.16. The third-order valence-electron chi connectivity index (χ3n) is 3.38. The zero-order valence-electron chi connectivity index (χ0n) is 13.2. The van der Waals surface area contributed by atoms with Gasteiger partial charge in [-0.25, -0.2) is 4.98 Å². The molecule has 1 atom stereocenters. The Kier molecular flexibility index (Phi) is 6.34. The fourth-order valence-corrected chi connectivity index (χ4v) is 2.36. The second-order valence-electron chi connectivity index (χ2n) is 5.32. The van der Waals surface area contributed by atoms with Crippen LogP contribution >= 0.6 is 0 Å². The summed E-state index contributed by atoms with van der Waals surface area (Å²) in [4.78, 5) is 4.00. The summed E-state index contributed by atoms with van der Waals surface area (Å²) < 4.78 is 36.8. The molecule has 7 heteroatoms. The quantitative estimate of drug-likeness (QED) is 0.770. The van der Waals surface area contributed by atoms with Crippen LogP contribution in [0.1, 0.15) is 12.5 Å². The van der Waals surface area contributed by atoms with Crippen molar-refractivity contribution in [3.05, 3.63) is 42.5 Å². The van der Waals surface area contributed by atoms with Gasteiger partial charge in [0.1, 0.15) is 0 Å². The van der Waals surface area contributed by atoms with Crippen molar-refractivity contribution in [2.45, 2.75) is 26.6 Å². The number of hydrogen-bond acceptors (Lipinski definition) is 4.